The Kier molecular flexibility index (Phi) is 10.9. The van der Waals surface area contributed by atoms with Crippen LogP contribution in [0.5, 0.6) is 0 Å². The third-order valence-electron chi connectivity index (χ3n) is 5.45. The van der Waals surface area contributed by atoms with Crippen LogP contribution in [0, 0.1) is 0 Å². The summed E-state index contributed by atoms with van der Waals surface area (Å²) in [5.74, 6) is 0.0210. The number of hydrogen-bond acceptors (Lipinski definition) is 3. The van der Waals surface area contributed by atoms with E-state index in [4.69, 9.17) is 0 Å². The molecule has 0 atom stereocenters. The number of rotatable bonds is 10. The highest BCUT2D eigenvalue weighted by Gasteiger charge is 2.15. The molecule has 7 nitrogen and oxygen atoms in total. The van der Waals surface area contributed by atoms with Crippen molar-refractivity contribution in [2.75, 3.05) is 36.8 Å². The first kappa shape index (κ1) is 24.7. The molecule has 0 radical (unpaired) electrons. The minimum atomic E-state index is -0.105. The molecule has 0 spiro atoms. The largest absolute Gasteiger partial charge is 0.343 e. The second-order valence-corrected chi connectivity index (χ2v) is 8.19. The van der Waals surface area contributed by atoms with Gasteiger partial charge in [-0.15, -0.1) is 0 Å². The lowest BCUT2D eigenvalue weighted by molar-refractivity contribution is -0.131. The maximum atomic E-state index is 12.4. The summed E-state index contributed by atoms with van der Waals surface area (Å²) in [4.78, 5) is 40.6. The predicted molar refractivity (Wildman–Crippen MR) is 125 cm³/mol. The van der Waals surface area contributed by atoms with Gasteiger partial charge in [-0.3, -0.25) is 9.59 Å². The fourth-order valence-corrected chi connectivity index (χ4v) is 3.80. The molecule has 1 heterocycles. The average Bonchev–Trinajstić information content (AvgIpc) is 3.04. The number of nitrogens with zero attached hydrogens (tertiary/aromatic N) is 2. The van der Waals surface area contributed by atoms with Gasteiger partial charge in [0.2, 0.25) is 11.8 Å². The summed E-state index contributed by atoms with van der Waals surface area (Å²) in [5.41, 5.74) is 1.40. The van der Waals surface area contributed by atoms with Gasteiger partial charge in [0.15, 0.2) is 0 Å². The molecule has 1 aromatic carbocycles. The normalized spacial score (nSPS) is 13.9. The van der Waals surface area contributed by atoms with Crippen molar-refractivity contribution in [3.63, 3.8) is 0 Å². The number of nitrogens with one attached hydrogen (secondary N) is 2. The van der Waals surface area contributed by atoms with E-state index in [1.807, 2.05) is 9.80 Å². The van der Waals surface area contributed by atoms with Crippen LogP contribution in [0.3, 0.4) is 0 Å². The van der Waals surface area contributed by atoms with E-state index < -0.39 is 0 Å². The van der Waals surface area contributed by atoms with Gasteiger partial charge in [0.05, 0.1) is 0 Å². The highest BCUT2D eigenvalue weighted by Crippen LogP contribution is 2.16. The van der Waals surface area contributed by atoms with E-state index in [0.717, 1.165) is 51.9 Å². The maximum Gasteiger partial charge on any atom is 0.321 e. The van der Waals surface area contributed by atoms with Crippen molar-refractivity contribution >= 4 is 29.2 Å². The number of anilines is 2. The van der Waals surface area contributed by atoms with Crippen molar-refractivity contribution in [2.24, 2.45) is 0 Å². The fourth-order valence-electron chi connectivity index (χ4n) is 3.80. The van der Waals surface area contributed by atoms with Gasteiger partial charge in [0.25, 0.3) is 0 Å². The van der Waals surface area contributed by atoms with Crippen molar-refractivity contribution < 1.29 is 14.4 Å². The number of urea groups is 1. The average molecular weight is 431 g/mol. The molecule has 7 heteroatoms. The lowest BCUT2D eigenvalue weighted by Gasteiger charge is -2.21. The highest BCUT2D eigenvalue weighted by atomic mass is 16.2. The number of carbonyl (C=O) groups excluding carboxylic acids is 3. The molecule has 2 N–H and O–H groups in total. The third kappa shape index (κ3) is 8.99. The Morgan fingerprint density at radius 2 is 1.39 bits per heavy atom. The maximum absolute atomic E-state index is 12.4. The zero-order valence-corrected chi connectivity index (χ0v) is 19.1. The van der Waals surface area contributed by atoms with Gasteiger partial charge in [0.1, 0.15) is 0 Å². The first-order valence-corrected chi connectivity index (χ1v) is 11.8. The molecule has 0 aromatic heterocycles. The standard InChI is InChI=1S/C24H38N4O3/c1-3-16-27(17-4-2)23(30)11-9-10-22(29)25-20-12-14-21(15-13-20)26-24(31)28-18-7-5-6-8-19-28/h12-15H,3-11,16-19H2,1-2H3,(H,25,29)(H,26,31). The summed E-state index contributed by atoms with van der Waals surface area (Å²) < 4.78 is 0. The molecule has 1 saturated heterocycles. The zero-order chi connectivity index (χ0) is 22.5. The SMILES string of the molecule is CCCN(CCC)C(=O)CCCC(=O)Nc1ccc(NC(=O)N2CCCCCC2)cc1. The van der Waals surface area contributed by atoms with Gasteiger partial charge in [-0.05, 0) is 56.4 Å². The van der Waals surface area contributed by atoms with E-state index in [-0.39, 0.29) is 17.8 Å². The van der Waals surface area contributed by atoms with Crippen LogP contribution in [-0.2, 0) is 9.59 Å². The van der Waals surface area contributed by atoms with Crippen molar-refractivity contribution in [1.82, 2.24) is 9.80 Å². The van der Waals surface area contributed by atoms with Gasteiger partial charge in [-0.25, -0.2) is 4.79 Å². The van der Waals surface area contributed by atoms with Crippen LogP contribution in [0.25, 0.3) is 0 Å². The molecule has 2 rings (SSSR count). The van der Waals surface area contributed by atoms with Crippen LogP contribution < -0.4 is 10.6 Å². The molecule has 1 aliphatic rings. The Morgan fingerprint density at radius 3 is 1.94 bits per heavy atom. The molecule has 0 bridgehead atoms. The molecule has 0 unspecified atom stereocenters. The van der Waals surface area contributed by atoms with E-state index in [0.29, 0.717) is 30.6 Å². The molecular formula is C24H38N4O3. The summed E-state index contributed by atoms with van der Waals surface area (Å²) in [6.07, 6.45) is 7.61. The summed E-state index contributed by atoms with van der Waals surface area (Å²) >= 11 is 0. The summed E-state index contributed by atoms with van der Waals surface area (Å²) in [5, 5.41) is 5.79. The topological polar surface area (TPSA) is 81.8 Å². The molecule has 1 aromatic rings. The molecule has 1 aliphatic heterocycles. The first-order chi connectivity index (χ1) is 15.0. The lowest BCUT2D eigenvalue weighted by atomic mass is 10.2. The predicted octanol–water partition coefficient (Wildman–Crippen LogP) is 4.85. The second kappa shape index (κ2) is 13.7. The van der Waals surface area contributed by atoms with E-state index >= 15 is 0 Å². The monoisotopic (exact) mass is 430 g/mol. The van der Waals surface area contributed by atoms with Crippen LogP contribution in [0.4, 0.5) is 16.2 Å². The Balaban J connectivity index is 1.73. The minimum Gasteiger partial charge on any atom is -0.343 e. The van der Waals surface area contributed by atoms with E-state index in [2.05, 4.69) is 24.5 Å². The quantitative estimate of drug-likeness (QED) is 0.557. The zero-order valence-electron chi connectivity index (χ0n) is 19.1. The van der Waals surface area contributed by atoms with Gasteiger partial charge >= 0.3 is 6.03 Å². The number of amides is 4. The molecule has 31 heavy (non-hydrogen) atoms. The van der Waals surface area contributed by atoms with Crippen molar-refractivity contribution in [3.05, 3.63) is 24.3 Å². The summed E-state index contributed by atoms with van der Waals surface area (Å²) in [6.45, 7) is 7.29. The lowest BCUT2D eigenvalue weighted by Crippen LogP contribution is -2.35. The van der Waals surface area contributed by atoms with Gasteiger partial charge in [-0.1, -0.05) is 26.7 Å². The van der Waals surface area contributed by atoms with Crippen molar-refractivity contribution in [3.8, 4) is 0 Å². The Morgan fingerprint density at radius 1 is 0.839 bits per heavy atom. The van der Waals surface area contributed by atoms with Crippen LogP contribution in [0.2, 0.25) is 0 Å². The van der Waals surface area contributed by atoms with Crippen LogP contribution >= 0.6 is 0 Å². The van der Waals surface area contributed by atoms with E-state index in [1.54, 1.807) is 24.3 Å². The minimum absolute atomic E-state index is 0.0662. The first-order valence-electron chi connectivity index (χ1n) is 11.8. The number of carbonyl (C=O) groups is 3. The molecule has 4 amide bonds. The third-order valence-corrected chi connectivity index (χ3v) is 5.45. The molecule has 1 fully saturated rings. The van der Waals surface area contributed by atoms with Crippen LogP contribution in [0.1, 0.15) is 71.6 Å². The number of likely N-dealkylation sites (tertiary alicyclic amines) is 1. The van der Waals surface area contributed by atoms with Gasteiger partial charge < -0.3 is 20.4 Å². The number of hydrogen-bond donors (Lipinski definition) is 2. The smallest absolute Gasteiger partial charge is 0.321 e. The van der Waals surface area contributed by atoms with Crippen LogP contribution in [-0.4, -0.2) is 53.8 Å². The number of benzene rings is 1. The fraction of sp³-hybridized carbons (Fsp3) is 0.625. The highest BCUT2D eigenvalue weighted by molar-refractivity contribution is 5.92. The van der Waals surface area contributed by atoms with Gasteiger partial charge in [-0.2, -0.15) is 0 Å². The molecule has 172 valence electrons. The van der Waals surface area contributed by atoms with Crippen LogP contribution in [0.15, 0.2) is 24.3 Å². The molecular weight excluding hydrogens is 392 g/mol. The summed E-state index contributed by atoms with van der Waals surface area (Å²) in [7, 11) is 0. The molecule has 0 saturated carbocycles. The van der Waals surface area contributed by atoms with Gasteiger partial charge in [0, 0.05) is 50.4 Å². The van der Waals surface area contributed by atoms with Crippen molar-refractivity contribution in [1.29, 1.82) is 0 Å². The molecule has 0 aliphatic carbocycles. The van der Waals surface area contributed by atoms with Crippen molar-refractivity contribution in [2.45, 2.75) is 71.6 Å². The Bertz CT molecular complexity index is 691. The Labute approximate surface area is 186 Å². The summed E-state index contributed by atoms with van der Waals surface area (Å²) in [6, 6.07) is 7.09. The van der Waals surface area contributed by atoms with E-state index in [1.165, 1.54) is 12.8 Å². The Hall–Kier alpha value is -2.57. The van der Waals surface area contributed by atoms with E-state index in [9.17, 15) is 14.4 Å². The second-order valence-electron chi connectivity index (χ2n) is 8.19.